The molecule has 0 aliphatic carbocycles. The lowest BCUT2D eigenvalue weighted by atomic mass is 10.1. The summed E-state index contributed by atoms with van der Waals surface area (Å²) in [6, 6.07) is 0. The summed E-state index contributed by atoms with van der Waals surface area (Å²) in [7, 11) is 0. The third-order valence-electron chi connectivity index (χ3n) is 3.02. The zero-order valence-corrected chi connectivity index (χ0v) is 11.5. The highest BCUT2D eigenvalue weighted by atomic mass is 16.5. The van der Waals surface area contributed by atoms with E-state index in [1.807, 2.05) is 17.7 Å². The molecule has 4 nitrogen and oxygen atoms in total. The number of unbranched alkanes of at least 4 members (excludes halogenated alkanes) is 5. The van der Waals surface area contributed by atoms with Crippen molar-refractivity contribution in [1.82, 2.24) is 9.55 Å². The molecular weight excluding hydrogens is 228 g/mol. The fraction of sp³-hybridized carbons (Fsp3) is 0.714. The van der Waals surface area contributed by atoms with Gasteiger partial charge in [-0.15, -0.1) is 0 Å². The molecule has 0 saturated carbocycles. The molecule has 0 aromatic carbocycles. The zero-order valence-electron chi connectivity index (χ0n) is 11.5. The molecule has 1 aromatic heterocycles. The minimum Gasteiger partial charge on any atom is -0.444 e. The van der Waals surface area contributed by atoms with Gasteiger partial charge in [-0.2, -0.15) is 0 Å². The van der Waals surface area contributed by atoms with E-state index in [1.54, 1.807) is 6.20 Å². The van der Waals surface area contributed by atoms with E-state index in [-0.39, 0.29) is 12.7 Å². The maximum Gasteiger partial charge on any atom is 0.307 e. The van der Waals surface area contributed by atoms with Gasteiger partial charge in [-0.25, -0.2) is 4.98 Å². The van der Waals surface area contributed by atoms with Crippen LogP contribution in [0.1, 0.15) is 57.7 Å². The first-order chi connectivity index (χ1) is 8.74. The van der Waals surface area contributed by atoms with Crippen LogP contribution in [-0.2, 0) is 16.3 Å². The first-order valence-electron chi connectivity index (χ1n) is 6.87. The van der Waals surface area contributed by atoms with Gasteiger partial charge in [0, 0.05) is 18.8 Å². The van der Waals surface area contributed by atoms with Crippen molar-refractivity contribution in [3.8, 4) is 0 Å². The summed E-state index contributed by atoms with van der Waals surface area (Å²) < 4.78 is 7.00. The van der Waals surface area contributed by atoms with E-state index in [9.17, 15) is 4.79 Å². The van der Waals surface area contributed by atoms with Crippen LogP contribution in [0.3, 0.4) is 0 Å². The standard InChI is InChI=1S/C14H24N2O2/c1-3-4-5-6-7-8-9-14(17)18-12-16-11-10-15-13(16)2/h10-11H,3-9,12H2,1-2H3. The van der Waals surface area contributed by atoms with Gasteiger partial charge in [0.05, 0.1) is 0 Å². The van der Waals surface area contributed by atoms with Crippen LogP contribution in [0.5, 0.6) is 0 Å². The minimum absolute atomic E-state index is 0.112. The molecule has 0 fully saturated rings. The maximum atomic E-state index is 11.5. The molecule has 0 atom stereocenters. The molecule has 0 bridgehead atoms. The monoisotopic (exact) mass is 252 g/mol. The number of ether oxygens (including phenoxy) is 1. The van der Waals surface area contributed by atoms with Gasteiger partial charge >= 0.3 is 5.97 Å². The van der Waals surface area contributed by atoms with Gasteiger partial charge < -0.3 is 9.30 Å². The minimum atomic E-state index is -0.112. The number of aromatic nitrogens is 2. The van der Waals surface area contributed by atoms with E-state index in [0.717, 1.165) is 18.7 Å². The molecule has 0 amide bonds. The van der Waals surface area contributed by atoms with Gasteiger partial charge in [0.2, 0.25) is 0 Å². The van der Waals surface area contributed by atoms with Crippen LogP contribution < -0.4 is 0 Å². The van der Waals surface area contributed by atoms with Gasteiger partial charge in [0.1, 0.15) is 5.82 Å². The van der Waals surface area contributed by atoms with Crippen LogP contribution in [0.15, 0.2) is 12.4 Å². The topological polar surface area (TPSA) is 44.1 Å². The fourth-order valence-corrected chi connectivity index (χ4v) is 1.80. The Bertz CT molecular complexity index is 347. The Balaban J connectivity index is 2.02. The average Bonchev–Trinajstić information content (AvgIpc) is 2.77. The molecule has 0 aliphatic rings. The van der Waals surface area contributed by atoms with Gasteiger partial charge in [-0.05, 0) is 13.3 Å². The normalized spacial score (nSPS) is 10.6. The number of imidazole rings is 1. The lowest BCUT2D eigenvalue weighted by molar-refractivity contribution is -0.147. The van der Waals surface area contributed by atoms with E-state index in [0.29, 0.717) is 6.42 Å². The van der Waals surface area contributed by atoms with E-state index < -0.39 is 0 Å². The van der Waals surface area contributed by atoms with E-state index in [2.05, 4.69) is 11.9 Å². The van der Waals surface area contributed by atoms with Crippen LogP contribution in [0.25, 0.3) is 0 Å². The van der Waals surface area contributed by atoms with Crippen molar-refractivity contribution in [1.29, 1.82) is 0 Å². The summed E-state index contributed by atoms with van der Waals surface area (Å²) in [4.78, 5) is 15.6. The van der Waals surface area contributed by atoms with Crippen LogP contribution in [0.4, 0.5) is 0 Å². The molecule has 0 radical (unpaired) electrons. The average molecular weight is 252 g/mol. The lowest BCUT2D eigenvalue weighted by Crippen LogP contribution is -2.09. The number of carbonyl (C=O) groups excluding carboxylic acids is 1. The van der Waals surface area contributed by atoms with E-state index >= 15 is 0 Å². The van der Waals surface area contributed by atoms with Crippen molar-refractivity contribution in [3.05, 3.63) is 18.2 Å². The zero-order chi connectivity index (χ0) is 13.2. The number of rotatable bonds is 9. The van der Waals surface area contributed by atoms with Gasteiger partial charge in [0.25, 0.3) is 0 Å². The predicted octanol–water partition coefficient (Wildman–Crippen LogP) is 3.44. The summed E-state index contributed by atoms with van der Waals surface area (Å²) in [5, 5.41) is 0. The van der Waals surface area contributed by atoms with E-state index in [4.69, 9.17) is 4.74 Å². The highest BCUT2D eigenvalue weighted by Gasteiger charge is 2.04. The largest absolute Gasteiger partial charge is 0.444 e. The van der Waals surface area contributed by atoms with Crippen molar-refractivity contribution < 1.29 is 9.53 Å². The molecule has 1 heterocycles. The molecule has 0 N–H and O–H groups in total. The van der Waals surface area contributed by atoms with Crippen LogP contribution in [0.2, 0.25) is 0 Å². The number of hydrogen-bond donors (Lipinski definition) is 0. The number of nitrogens with zero attached hydrogens (tertiary/aromatic N) is 2. The maximum absolute atomic E-state index is 11.5. The van der Waals surface area contributed by atoms with Crippen LogP contribution in [-0.4, -0.2) is 15.5 Å². The molecule has 0 unspecified atom stereocenters. The predicted molar refractivity (Wildman–Crippen MR) is 71.0 cm³/mol. The number of hydrogen-bond acceptors (Lipinski definition) is 3. The van der Waals surface area contributed by atoms with Gasteiger partial charge in [-0.1, -0.05) is 39.0 Å². The van der Waals surface area contributed by atoms with Crippen molar-refractivity contribution in [2.24, 2.45) is 0 Å². The van der Waals surface area contributed by atoms with Crippen molar-refractivity contribution >= 4 is 5.97 Å². The summed E-state index contributed by atoms with van der Waals surface area (Å²) in [5.41, 5.74) is 0. The van der Waals surface area contributed by atoms with Crippen LogP contribution in [0, 0.1) is 6.92 Å². The highest BCUT2D eigenvalue weighted by molar-refractivity contribution is 5.69. The quantitative estimate of drug-likeness (QED) is 0.499. The van der Waals surface area contributed by atoms with Gasteiger partial charge in [-0.3, -0.25) is 4.79 Å². The summed E-state index contributed by atoms with van der Waals surface area (Å²) in [6.07, 6.45) is 11.2. The molecule has 0 spiro atoms. The molecule has 4 heteroatoms. The molecular formula is C14H24N2O2. The third kappa shape index (κ3) is 5.84. The number of carbonyl (C=O) groups is 1. The van der Waals surface area contributed by atoms with Crippen molar-refractivity contribution in [3.63, 3.8) is 0 Å². The van der Waals surface area contributed by atoms with Crippen LogP contribution >= 0.6 is 0 Å². The fourth-order valence-electron chi connectivity index (χ4n) is 1.80. The van der Waals surface area contributed by atoms with Gasteiger partial charge in [0.15, 0.2) is 6.73 Å². The Morgan fingerprint density at radius 3 is 2.67 bits per heavy atom. The summed E-state index contributed by atoms with van der Waals surface area (Å²) in [6.45, 7) is 4.37. The molecule has 1 aromatic rings. The molecule has 0 saturated heterocycles. The lowest BCUT2D eigenvalue weighted by Gasteiger charge is -2.06. The second-order valence-electron chi connectivity index (χ2n) is 4.61. The second-order valence-corrected chi connectivity index (χ2v) is 4.61. The summed E-state index contributed by atoms with van der Waals surface area (Å²) in [5.74, 6) is 0.751. The SMILES string of the molecule is CCCCCCCCC(=O)OCn1ccnc1C. The van der Waals surface area contributed by atoms with Crippen molar-refractivity contribution in [2.75, 3.05) is 0 Å². The molecule has 18 heavy (non-hydrogen) atoms. The van der Waals surface area contributed by atoms with Crippen molar-refractivity contribution in [2.45, 2.75) is 65.5 Å². The smallest absolute Gasteiger partial charge is 0.307 e. The number of aryl methyl sites for hydroxylation is 1. The summed E-state index contributed by atoms with van der Waals surface area (Å²) >= 11 is 0. The third-order valence-corrected chi connectivity index (χ3v) is 3.02. The molecule has 1 rings (SSSR count). The Morgan fingerprint density at radius 2 is 2.00 bits per heavy atom. The first-order valence-corrected chi connectivity index (χ1v) is 6.87. The molecule has 102 valence electrons. The Morgan fingerprint density at radius 1 is 1.28 bits per heavy atom. The first kappa shape index (κ1) is 14.7. The number of esters is 1. The second kappa shape index (κ2) is 8.72. The molecule has 0 aliphatic heterocycles. The Kier molecular flexibility index (Phi) is 7.14. The van der Waals surface area contributed by atoms with E-state index in [1.165, 1.54) is 25.7 Å². The Hall–Kier alpha value is -1.32. The Labute approximate surface area is 109 Å². The highest BCUT2D eigenvalue weighted by Crippen LogP contribution is 2.07.